The van der Waals surface area contributed by atoms with Crippen molar-refractivity contribution in [2.75, 3.05) is 6.61 Å². The van der Waals surface area contributed by atoms with E-state index in [4.69, 9.17) is 10.5 Å². The van der Waals surface area contributed by atoms with E-state index >= 15 is 0 Å². The molecule has 0 aromatic rings. The molecule has 0 aromatic carbocycles. The standard InChI is InChI=1S/C9H17NO2/c10-9(11)6-3-5-8-4-1-2-7-12-8/h8H,1-7H2,(H2,10,11). The third-order valence-electron chi connectivity index (χ3n) is 2.22. The van der Waals surface area contributed by atoms with Gasteiger partial charge in [-0.3, -0.25) is 4.79 Å². The minimum atomic E-state index is -0.203. The molecule has 12 heavy (non-hydrogen) atoms. The van der Waals surface area contributed by atoms with E-state index in [0.717, 1.165) is 25.9 Å². The van der Waals surface area contributed by atoms with Gasteiger partial charge in [0.1, 0.15) is 0 Å². The summed E-state index contributed by atoms with van der Waals surface area (Å²) in [6.07, 6.45) is 6.35. The molecule has 1 aliphatic heterocycles. The van der Waals surface area contributed by atoms with Gasteiger partial charge in [-0.25, -0.2) is 0 Å². The molecule has 1 fully saturated rings. The first-order valence-electron chi connectivity index (χ1n) is 4.69. The van der Waals surface area contributed by atoms with E-state index in [9.17, 15) is 4.79 Å². The molecule has 1 rings (SSSR count). The lowest BCUT2D eigenvalue weighted by Gasteiger charge is -2.22. The van der Waals surface area contributed by atoms with Gasteiger partial charge in [0.15, 0.2) is 0 Å². The predicted octanol–water partition coefficient (Wildman–Crippen LogP) is 1.21. The summed E-state index contributed by atoms with van der Waals surface area (Å²) in [4.78, 5) is 10.4. The van der Waals surface area contributed by atoms with Crippen molar-refractivity contribution in [2.24, 2.45) is 5.73 Å². The van der Waals surface area contributed by atoms with Crippen LogP contribution in [0.3, 0.4) is 0 Å². The molecule has 0 bridgehead atoms. The highest BCUT2D eigenvalue weighted by Crippen LogP contribution is 2.17. The zero-order valence-electron chi connectivity index (χ0n) is 7.42. The minimum Gasteiger partial charge on any atom is -0.378 e. The van der Waals surface area contributed by atoms with Crippen molar-refractivity contribution in [3.8, 4) is 0 Å². The third-order valence-corrected chi connectivity index (χ3v) is 2.22. The molecule has 1 unspecified atom stereocenters. The first-order chi connectivity index (χ1) is 5.79. The zero-order chi connectivity index (χ0) is 8.81. The van der Waals surface area contributed by atoms with Crippen molar-refractivity contribution in [3.05, 3.63) is 0 Å². The maximum absolute atomic E-state index is 10.4. The van der Waals surface area contributed by atoms with Crippen LogP contribution in [-0.4, -0.2) is 18.6 Å². The molecule has 0 aliphatic carbocycles. The molecule has 0 aromatic heterocycles. The quantitative estimate of drug-likeness (QED) is 0.691. The second-order valence-electron chi connectivity index (χ2n) is 3.35. The van der Waals surface area contributed by atoms with Crippen LogP contribution >= 0.6 is 0 Å². The van der Waals surface area contributed by atoms with E-state index in [0.29, 0.717) is 12.5 Å². The number of hydrogen-bond donors (Lipinski definition) is 1. The lowest BCUT2D eigenvalue weighted by Crippen LogP contribution is -2.19. The van der Waals surface area contributed by atoms with E-state index in [1.807, 2.05) is 0 Å². The highest BCUT2D eigenvalue weighted by atomic mass is 16.5. The Kier molecular flexibility index (Phi) is 4.08. The summed E-state index contributed by atoms with van der Waals surface area (Å²) in [6.45, 7) is 0.890. The number of carbonyl (C=O) groups excluding carboxylic acids is 1. The van der Waals surface area contributed by atoms with Crippen LogP contribution in [0.2, 0.25) is 0 Å². The lowest BCUT2D eigenvalue weighted by atomic mass is 10.0. The number of nitrogens with two attached hydrogens (primary N) is 1. The first-order valence-corrected chi connectivity index (χ1v) is 4.69. The van der Waals surface area contributed by atoms with Crippen LogP contribution in [0.5, 0.6) is 0 Å². The highest BCUT2D eigenvalue weighted by Gasteiger charge is 2.13. The Morgan fingerprint density at radius 3 is 2.92 bits per heavy atom. The molecule has 3 heteroatoms. The van der Waals surface area contributed by atoms with E-state index < -0.39 is 0 Å². The Morgan fingerprint density at radius 2 is 2.33 bits per heavy atom. The first kappa shape index (κ1) is 9.52. The third kappa shape index (κ3) is 3.72. The van der Waals surface area contributed by atoms with Gasteiger partial charge in [0.05, 0.1) is 6.10 Å². The zero-order valence-corrected chi connectivity index (χ0v) is 7.42. The van der Waals surface area contributed by atoms with Crippen molar-refractivity contribution in [1.29, 1.82) is 0 Å². The molecule has 0 radical (unpaired) electrons. The SMILES string of the molecule is NC(=O)CCCC1CCCCO1. The van der Waals surface area contributed by atoms with Crippen LogP contribution in [0, 0.1) is 0 Å². The average Bonchev–Trinajstić information content (AvgIpc) is 2.05. The fraction of sp³-hybridized carbons (Fsp3) is 0.889. The van der Waals surface area contributed by atoms with Gasteiger partial charge < -0.3 is 10.5 Å². The van der Waals surface area contributed by atoms with Gasteiger partial charge in [-0.1, -0.05) is 0 Å². The molecule has 70 valence electrons. The Bertz CT molecular complexity index is 141. The molecular formula is C9H17NO2. The molecule has 1 amide bonds. The summed E-state index contributed by atoms with van der Waals surface area (Å²) >= 11 is 0. The molecule has 2 N–H and O–H groups in total. The van der Waals surface area contributed by atoms with E-state index in [2.05, 4.69) is 0 Å². The Balaban J connectivity index is 2.01. The Morgan fingerprint density at radius 1 is 1.50 bits per heavy atom. The van der Waals surface area contributed by atoms with Crippen LogP contribution in [0.4, 0.5) is 0 Å². The number of ether oxygens (including phenoxy) is 1. The van der Waals surface area contributed by atoms with Crippen molar-refractivity contribution in [2.45, 2.75) is 44.6 Å². The normalized spacial score (nSPS) is 23.8. The molecular weight excluding hydrogens is 154 g/mol. The van der Waals surface area contributed by atoms with Crippen LogP contribution < -0.4 is 5.73 Å². The summed E-state index contributed by atoms with van der Waals surface area (Å²) < 4.78 is 5.51. The maximum Gasteiger partial charge on any atom is 0.217 e. The summed E-state index contributed by atoms with van der Waals surface area (Å²) in [7, 11) is 0. The van der Waals surface area contributed by atoms with Gasteiger partial charge in [-0.15, -0.1) is 0 Å². The summed E-state index contributed by atoms with van der Waals surface area (Å²) in [5, 5.41) is 0. The smallest absolute Gasteiger partial charge is 0.217 e. The number of amides is 1. The topological polar surface area (TPSA) is 52.3 Å². The number of hydrogen-bond acceptors (Lipinski definition) is 2. The number of carbonyl (C=O) groups is 1. The van der Waals surface area contributed by atoms with E-state index in [-0.39, 0.29) is 5.91 Å². The summed E-state index contributed by atoms with van der Waals surface area (Å²) in [5.74, 6) is -0.203. The van der Waals surface area contributed by atoms with Gasteiger partial charge in [0, 0.05) is 13.0 Å². The van der Waals surface area contributed by atoms with Crippen LogP contribution in [0.25, 0.3) is 0 Å². The fourth-order valence-electron chi connectivity index (χ4n) is 1.54. The molecule has 1 saturated heterocycles. The average molecular weight is 171 g/mol. The van der Waals surface area contributed by atoms with Gasteiger partial charge in [-0.2, -0.15) is 0 Å². The molecule has 0 spiro atoms. The molecule has 0 saturated carbocycles. The lowest BCUT2D eigenvalue weighted by molar-refractivity contribution is -0.118. The van der Waals surface area contributed by atoms with Gasteiger partial charge in [-0.05, 0) is 32.1 Å². The molecule has 1 aliphatic rings. The molecule has 1 atom stereocenters. The van der Waals surface area contributed by atoms with Crippen molar-refractivity contribution in [3.63, 3.8) is 0 Å². The van der Waals surface area contributed by atoms with Gasteiger partial charge in [0.25, 0.3) is 0 Å². The Hall–Kier alpha value is -0.570. The highest BCUT2D eigenvalue weighted by molar-refractivity contribution is 5.73. The second-order valence-corrected chi connectivity index (χ2v) is 3.35. The maximum atomic E-state index is 10.4. The van der Waals surface area contributed by atoms with Crippen LogP contribution in [0.1, 0.15) is 38.5 Å². The second kappa shape index (κ2) is 5.14. The number of rotatable bonds is 4. The summed E-state index contributed by atoms with van der Waals surface area (Å²) in [5.41, 5.74) is 5.03. The van der Waals surface area contributed by atoms with E-state index in [1.165, 1.54) is 12.8 Å². The van der Waals surface area contributed by atoms with Crippen LogP contribution in [0.15, 0.2) is 0 Å². The van der Waals surface area contributed by atoms with Crippen molar-refractivity contribution >= 4 is 5.91 Å². The fourth-order valence-corrected chi connectivity index (χ4v) is 1.54. The monoisotopic (exact) mass is 171 g/mol. The van der Waals surface area contributed by atoms with Crippen molar-refractivity contribution < 1.29 is 9.53 Å². The number of primary amides is 1. The molecule has 1 heterocycles. The van der Waals surface area contributed by atoms with E-state index in [1.54, 1.807) is 0 Å². The van der Waals surface area contributed by atoms with Gasteiger partial charge in [0.2, 0.25) is 5.91 Å². The van der Waals surface area contributed by atoms with Crippen LogP contribution in [-0.2, 0) is 9.53 Å². The minimum absolute atomic E-state index is 0.203. The largest absolute Gasteiger partial charge is 0.378 e. The summed E-state index contributed by atoms with van der Waals surface area (Å²) in [6, 6.07) is 0. The Labute approximate surface area is 73.3 Å². The molecule has 3 nitrogen and oxygen atoms in total. The van der Waals surface area contributed by atoms with Gasteiger partial charge >= 0.3 is 0 Å². The van der Waals surface area contributed by atoms with Crippen molar-refractivity contribution in [1.82, 2.24) is 0 Å². The predicted molar refractivity (Wildman–Crippen MR) is 46.6 cm³/mol.